The van der Waals surface area contributed by atoms with Crippen LogP contribution in [0.1, 0.15) is 24.2 Å². The maximum atomic E-state index is 12.1. The highest BCUT2D eigenvalue weighted by atomic mass is 16.2. The van der Waals surface area contributed by atoms with Crippen molar-refractivity contribution in [2.45, 2.75) is 19.5 Å². The summed E-state index contributed by atoms with van der Waals surface area (Å²) in [6.45, 7) is 2.47. The minimum Gasteiger partial charge on any atom is -0.331 e. The Morgan fingerprint density at radius 1 is 1.20 bits per heavy atom. The first-order chi connectivity index (χ1) is 9.66. The number of aromatic nitrogens is 1. The number of hydrogen-bond donors (Lipinski definition) is 1. The Bertz CT molecular complexity index is 542. The van der Waals surface area contributed by atoms with Gasteiger partial charge in [0, 0.05) is 13.2 Å². The Morgan fingerprint density at radius 3 is 2.55 bits per heavy atom. The van der Waals surface area contributed by atoms with Crippen LogP contribution in [0.2, 0.25) is 0 Å². The minimum absolute atomic E-state index is 0.0186. The standard InChI is InChI=1S/C16H19N3O/c1-13(14-8-4-3-5-9-14)18-16(20)19(2)12-15-10-6-7-11-17-15/h3-11,13H,12H2,1-2H3,(H,18,20). The van der Waals surface area contributed by atoms with Crippen molar-refractivity contribution < 1.29 is 4.79 Å². The molecule has 0 bridgehead atoms. The van der Waals surface area contributed by atoms with Gasteiger partial charge in [0.15, 0.2) is 0 Å². The quantitative estimate of drug-likeness (QED) is 0.927. The monoisotopic (exact) mass is 269 g/mol. The molecule has 1 aromatic carbocycles. The zero-order valence-corrected chi connectivity index (χ0v) is 11.8. The summed E-state index contributed by atoms with van der Waals surface area (Å²) in [5.41, 5.74) is 1.96. The zero-order valence-electron chi connectivity index (χ0n) is 11.8. The van der Waals surface area contributed by atoms with Gasteiger partial charge in [-0.1, -0.05) is 36.4 Å². The van der Waals surface area contributed by atoms with E-state index in [-0.39, 0.29) is 12.1 Å². The third kappa shape index (κ3) is 3.82. The molecule has 2 amide bonds. The minimum atomic E-state index is -0.105. The second kappa shape index (κ2) is 6.70. The Morgan fingerprint density at radius 2 is 1.90 bits per heavy atom. The van der Waals surface area contributed by atoms with E-state index in [1.165, 1.54) is 0 Å². The van der Waals surface area contributed by atoms with Crippen molar-refractivity contribution in [2.24, 2.45) is 0 Å². The highest BCUT2D eigenvalue weighted by Crippen LogP contribution is 2.11. The van der Waals surface area contributed by atoms with Crippen LogP contribution in [0.4, 0.5) is 4.79 Å². The van der Waals surface area contributed by atoms with E-state index in [1.54, 1.807) is 18.1 Å². The van der Waals surface area contributed by atoms with Crippen molar-refractivity contribution in [3.63, 3.8) is 0 Å². The van der Waals surface area contributed by atoms with Gasteiger partial charge in [-0.25, -0.2) is 4.79 Å². The largest absolute Gasteiger partial charge is 0.331 e. The lowest BCUT2D eigenvalue weighted by Gasteiger charge is -2.21. The van der Waals surface area contributed by atoms with Gasteiger partial charge in [-0.2, -0.15) is 0 Å². The molecule has 4 heteroatoms. The van der Waals surface area contributed by atoms with E-state index in [0.717, 1.165) is 11.3 Å². The van der Waals surface area contributed by atoms with Crippen molar-refractivity contribution in [1.29, 1.82) is 0 Å². The predicted octanol–water partition coefficient (Wildman–Crippen LogP) is 2.98. The van der Waals surface area contributed by atoms with E-state index in [1.807, 2.05) is 55.5 Å². The molecule has 1 heterocycles. The van der Waals surface area contributed by atoms with Gasteiger partial charge in [-0.3, -0.25) is 4.98 Å². The number of benzene rings is 1. The Balaban J connectivity index is 1.91. The van der Waals surface area contributed by atoms with Crippen LogP contribution in [0.25, 0.3) is 0 Å². The molecule has 0 fully saturated rings. The third-order valence-corrected chi connectivity index (χ3v) is 3.11. The van der Waals surface area contributed by atoms with Crippen molar-refractivity contribution >= 4 is 6.03 Å². The van der Waals surface area contributed by atoms with Crippen LogP contribution in [0, 0.1) is 0 Å². The summed E-state index contributed by atoms with van der Waals surface area (Å²) < 4.78 is 0. The summed E-state index contributed by atoms with van der Waals surface area (Å²) in [5, 5.41) is 2.98. The number of hydrogen-bond acceptors (Lipinski definition) is 2. The Hall–Kier alpha value is -2.36. The SMILES string of the molecule is CC(NC(=O)N(C)Cc1ccccn1)c1ccccc1. The number of carbonyl (C=O) groups is 1. The maximum absolute atomic E-state index is 12.1. The van der Waals surface area contributed by atoms with E-state index < -0.39 is 0 Å². The number of amides is 2. The average Bonchev–Trinajstić information content (AvgIpc) is 2.49. The van der Waals surface area contributed by atoms with Crippen molar-refractivity contribution in [3.05, 3.63) is 66.0 Å². The van der Waals surface area contributed by atoms with Gasteiger partial charge in [-0.15, -0.1) is 0 Å². The molecule has 4 nitrogen and oxygen atoms in total. The maximum Gasteiger partial charge on any atom is 0.317 e. The summed E-state index contributed by atoms with van der Waals surface area (Å²) in [7, 11) is 1.77. The summed E-state index contributed by atoms with van der Waals surface area (Å²) in [6.07, 6.45) is 1.73. The van der Waals surface area contributed by atoms with E-state index in [9.17, 15) is 4.79 Å². The molecule has 0 radical (unpaired) electrons. The Kier molecular flexibility index (Phi) is 4.71. The highest BCUT2D eigenvalue weighted by Gasteiger charge is 2.13. The number of urea groups is 1. The van der Waals surface area contributed by atoms with E-state index >= 15 is 0 Å². The summed E-state index contributed by atoms with van der Waals surface area (Å²) in [4.78, 5) is 18.0. The lowest BCUT2D eigenvalue weighted by Crippen LogP contribution is -2.38. The molecular formula is C16H19N3O. The van der Waals surface area contributed by atoms with Crippen molar-refractivity contribution in [2.75, 3.05) is 7.05 Å². The summed E-state index contributed by atoms with van der Waals surface area (Å²) in [6, 6.07) is 15.5. The van der Waals surface area contributed by atoms with Crippen molar-refractivity contribution in [3.8, 4) is 0 Å². The van der Waals surface area contributed by atoms with Gasteiger partial charge < -0.3 is 10.2 Å². The molecule has 2 aromatic rings. The number of nitrogens with zero attached hydrogens (tertiary/aromatic N) is 2. The lowest BCUT2D eigenvalue weighted by atomic mass is 10.1. The first kappa shape index (κ1) is 14.1. The fourth-order valence-corrected chi connectivity index (χ4v) is 1.93. The summed E-state index contributed by atoms with van der Waals surface area (Å²) >= 11 is 0. The van der Waals surface area contributed by atoms with Gasteiger partial charge in [0.05, 0.1) is 18.3 Å². The lowest BCUT2D eigenvalue weighted by molar-refractivity contribution is 0.203. The number of pyridine rings is 1. The first-order valence-corrected chi connectivity index (χ1v) is 6.63. The van der Waals surface area contributed by atoms with Crippen LogP contribution < -0.4 is 5.32 Å². The molecule has 20 heavy (non-hydrogen) atoms. The molecular weight excluding hydrogens is 250 g/mol. The molecule has 1 aromatic heterocycles. The molecule has 0 spiro atoms. The van der Waals surface area contributed by atoms with E-state index in [4.69, 9.17) is 0 Å². The molecule has 1 N–H and O–H groups in total. The van der Waals surface area contributed by atoms with Crippen LogP contribution in [-0.2, 0) is 6.54 Å². The van der Waals surface area contributed by atoms with Gasteiger partial charge in [0.1, 0.15) is 0 Å². The zero-order chi connectivity index (χ0) is 14.4. The van der Waals surface area contributed by atoms with Crippen LogP contribution in [-0.4, -0.2) is 23.0 Å². The Labute approximate surface area is 119 Å². The smallest absolute Gasteiger partial charge is 0.317 e. The van der Waals surface area contributed by atoms with Gasteiger partial charge >= 0.3 is 6.03 Å². The van der Waals surface area contributed by atoms with Crippen LogP contribution in [0.5, 0.6) is 0 Å². The first-order valence-electron chi connectivity index (χ1n) is 6.63. The second-order valence-corrected chi connectivity index (χ2v) is 4.76. The van der Waals surface area contributed by atoms with E-state index in [2.05, 4.69) is 10.3 Å². The molecule has 104 valence electrons. The fourth-order valence-electron chi connectivity index (χ4n) is 1.93. The van der Waals surface area contributed by atoms with Gasteiger partial charge in [0.2, 0.25) is 0 Å². The molecule has 2 rings (SSSR count). The highest BCUT2D eigenvalue weighted by molar-refractivity contribution is 5.74. The normalized spacial score (nSPS) is 11.7. The van der Waals surface area contributed by atoms with E-state index in [0.29, 0.717) is 6.54 Å². The van der Waals surface area contributed by atoms with Crippen LogP contribution >= 0.6 is 0 Å². The van der Waals surface area contributed by atoms with Crippen molar-refractivity contribution in [1.82, 2.24) is 15.2 Å². The number of rotatable bonds is 4. The molecule has 0 saturated heterocycles. The molecule has 1 atom stereocenters. The molecule has 0 aliphatic heterocycles. The van der Waals surface area contributed by atoms with Gasteiger partial charge in [0.25, 0.3) is 0 Å². The molecule has 0 saturated carbocycles. The predicted molar refractivity (Wildman–Crippen MR) is 79.1 cm³/mol. The third-order valence-electron chi connectivity index (χ3n) is 3.11. The van der Waals surface area contributed by atoms with Gasteiger partial charge in [-0.05, 0) is 24.6 Å². The average molecular weight is 269 g/mol. The molecule has 0 aliphatic carbocycles. The summed E-state index contributed by atoms with van der Waals surface area (Å²) in [5.74, 6) is 0. The topological polar surface area (TPSA) is 45.2 Å². The second-order valence-electron chi connectivity index (χ2n) is 4.76. The molecule has 1 unspecified atom stereocenters. The van der Waals surface area contributed by atoms with Crippen LogP contribution in [0.3, 0.4) is 0 Å². The number of carbonyl (C=O) groups excluding carboxylic acids is 1. The number of nitrogens with one attached hydrogen (secondary N) is 1. The van der Waals surface area contributed by atoms with Crippen LogP contribution in [0.15, 0.2) is 54.7 Å². The fraction of sp³-hybridized carbons (Fsp3) is 0.250. The molecule has 0 aliphatic rings.